The molecule has 0 aliphatic heterocycles. The molecular formula is C21H9Cl6N3. The normalized spacial score (nSPS) is 13.0. The minimum absolute atomic E-state index is 0.121. The number of halogens is 6. The quantitative estimate of drug-likeness (QED) is 0.167. The van der Waals surface area contributed by atoms with E-state index in [2.05, 4.69) is 57.4 Å². The van der Waals surface area contributed by atoms with Crippen molar-refractivity contribution in [3.63, 3.8) is 0 Å². The number of benzene rings is 4. The van der Waals surface area contributed by atoms with E-state index in [0.717, 1.165) is 16.2 Å². The van der Waals surface area contributed by atoms with Gasteiger partial charge in [-0.3, -0.25) is 0 Å². The zero-order valence-corrected chi connectivity index (χ0v) is 19.3. The molecule has 0 spiro atoms. The van der Waals surface area contributed by atoms with E-state index in [1.165, 1.54) is 16.2 Å². The summed E-state index contributed by atoms with van der Waals surface area (Å²) in [5.41, 5.74) is 0.689. The van der Waals surface area contributed by atoms with Gasteiger partial charge in [-0.1, -0.05) is 112 Å². The van der Waals surface area contributed by atoms with E-state index in [4.69, 9.17) is 69.6 Å². The van der Waals surface area contributed by atoms with Crippen LogP contribution in [-0.4, -0.2) is 15.0 Å². The number of rotatable bonds is 1. The topological polar surface area (TPSA) is 38.7 Å². The summed E-state index contributed by atoms with van der Waals surface area (Å²) in [6, 6.07) is 18.5. The molecule has 0 aliphatic rings. The van der Waals surface area contributed by atoms with Crippen LogP contribution in [0.25, 0.3) is 43.7 Å². The molecule has 5 rings (SSSR count). The summed E-state index contributed by atoms with van der Waals surface area (Å²) in [4.78, 5) is 12.7. The van der Waals surface area contributed by atoms with Crippen LogP contribution in [0, 0.1) is 0 Å². The first kappa shape index (κ1) is 20.6. The third-order valence-corrected chi connectivity index (χ3v) is 5.88. The zero-order valence-electron chi connectivity index (χ0n) is 14.8. The molecule has 5 aromatic rings. The fraction of sp³-hybridized carbons (Fsp3) is 0.0952. The van der Waals surface area contributed by atoms with E-state index in [1.54, 1.807) is 0 Å². The van der Waals surface area contributed by atoms with Gasteiger partial charge in [-0.2, -0.15) is 0 Å². The van der Waals surface area contributed by atoms with Crippen LogP contribution in [0.2, 0.25) is 0 Å². The van der Waals surface area contributed by atoms with Crippen LogP contribution in [-0.2, 0) is 7.59 Å². The fourth-order valence-electron chi connectivity index (χ4n) is 3.64. The van der Waals surface area contributed by atoms with Crippen molar-refractivity contribution in [2.75, 3.05) is 0 Å². The molecule has 0 aliphatic carbocycles. The van der Waals surface area contributed by atoms with E-state index >= 15 is 0 Å². The van der Waals surface area contributed by atoms with Gasteiger partial charge in [-0.15, -0.1) is 0 Å². The lowest BCUT2D eigenvalue weighted by Gasteiger charge is -2.16. The van der Waals surface area contributed by atoms with Crippen molar-refractivity contribution in [3.8, 4) is 11.4 Å². The van der Waals surface area contributed by atoms with Gasteiger partial charge >= 0.3 is 0 Å². The molecule has 0 fully saturated rings. The summed E-state index contributed by atoms with van der Waals surface area (Å²) in [6.07, 6.45) is 0. The lowest BCUT2D eigenvalue weighted by Crippen LogP contribution is -2.16. The second-order valence-electron chi connectivity index (χ2n) is 6.81. The van der Waals surface area contributed by atoms with Crippen LogP contribution < -0.4 is 0 Å². The van der Waals surface area contributed by atoms with E-state index < -0.39 is 7.59 Å². The minimum atomic E-state index is -1.90. The van der Waals surface area contributed by atoms with Crippen molar-refractivity contribution in [2.45, 2.75) is 7.59 Å². The predicted molar refractivity (Wildman–Crippen MR) is 127 cm³/mol. The van der Waals surface area contributed by atoms with Gasteiger partial charge in [0.05, 0.1) is 0 Å². The summed E-state index contributed by atoms with van der Waals surface area (Å²) >= 11 is 36.0. The molecule has 9 heteroatoms. The Morgan fingerprint density at radius 3 is 1.43 bits per heavy atom. The second kappa shape index (κ2) is 7.09. The van der Waals surface area contributed by atoms with E-state index in [-0.39, 0.29) is 17.5 Å². The lowest BCUT2D eigenvalue weighted by atomic mass is 9.93. The second-order valence-corrected chi connectivity index (χ2v) is 11.4. The van der Waals surface area contributed by atoms with Crippen LogP contribution in [0.5, 0.6) is 0 Å². The Bertz CT molecular complexity index is 1330. The standard InChI is InChI=1S/C21H9Cl6N3/c22-20(23,24)18-28-17(29-19(30-18)21(25,26)27)14-8-12-6-4-10-2-1-3-11-5-7-13(9-14)16(12)15(10)11/h1-9H. The van der Waals surface area contributed by atoms with Gasteiger partial charge in [0.1, 0.15) is 0 Å². The van der Waals surface area contributed by atoms with Crippen LogP contribution in [0.3, 0.4) is 0 Å². The molecule has 3 nitrogen and oxygen atoms in total. The number of nitrogens with zero attached hydrogens (tertiary/aromatic N) is 3. The molecule has 30 heavy (non-hydrogen) atoms. The van der Waals surface area contributed by atoms with Crippen molar-refractivity contribution in [1.82, 2.24) is 15.0 Å². The summed E-state index contributed by atoms with van der Waals surface area (Å²) in [5, 5.41) is 6.77. The molecule has 0 N–H and O–H groups in total. The largest absolute Gasteiger partial charge is 0.250 e. The van der Waals surface area contributed by atoms with Crippen LogP contribution in [0.4, 0.5) is 0 Å². The average Bonchev–Trinajstić information content (AvgIpc) is 2.70. The highest BCUT2D eigenvalue weighted by Crippen LogP contribution is 2.42. The Balaban J connectivity index is 1.81. The number of hydrogen-bond acceptors (Lipinski definition) is 3. The molecule has 1 heterocycles. The van der Waals surface area contributed by atoms with E-state index in [0.29, 0.717) is 5.56 Å². The Labute approximate surface area is 201 Å². The van der Waals surface area contributed by atoms with Gasteiger partial charge in [0.15, 0.2) is 17.5 Å². The SMILES string of the molecule is ClC(Cl)(Cl)c1nc(-c2cc3ccc4cccc5ccc(c2)c3c45)nc(C(Cl)(Cl)Cl)n1. The Morgan fingerprint density at radius 2 is 0.967 bits per heavy atom. The van der Waals surface area contributed by atoms with Crippen LogP contribution in [0.15, 0.2) is 54.6 Å². The highest BCUT2D eigenvalue weighted by atomic mass is 35.6. The van der Waals surface area contributed by atoms with Crippen molar-refractivity contribution in [3.05, 3.63) is 66.2 Å². The maximum absolute atomic E-state index is 6.00. The average molecular weight is 516 g/mol. The molecule has 150 valence electrons. The predicted octanol–water partition coefficient (Wildman–Crippen LogP) is 8.09. The molecule has 0 atom stereocenters. The molecule has 0 bridgehead atoms. The molecule has 0 radical (unpaired) electrons. The molecular weight excluding hydrogens is 507 g/mol. The Morgan fingerprint density at radius 1 is 0.533 bits per heavy atom. The van der Waals surface area contributed by atoms with Crippen LogP contribution >= 0.6 is 69.6 Å². The highest BCUT2D eigenvalue weighted by Gasteiger charge is 2.34. The number of aromatic nitrogens is 3. The van der Waals surface area contributed by atoms with Crippen molar-refractivity contribution in [1.29, 1.82) is 0 Å². The fourth-order valence-corrected chi connectivity index (χ4v) is 4.15. The third-order valence-electron chi connectivity index (χ3n) is 4.86. The first-order valence-electron chi connectivity index (χ1n) is 8.70. The van der Waals surface area contributed by atoms with Gasteiger partial charge < -0.3 is 0 Å². The Kier molecular flexibility index (Phi) is 4.86. The summed E-state index contributed by atoms with van der Waals surface area (Å²) in [5.74, 6) is 0.00553. The zero-order chi connectivity index (χ0) is 21.3. The molecule has 0 saturated carbocycles. The molecule has 1 aromatic heterocycles. The van der Waals surface area contributed by atoms with Gasteiger partial charge in [-0.25, -0.2) is 15.0 Å². The molecule has 0 unspecified atom stereocenters. The van der Waals surface area contributed by atoms with Crippen LogP contribution in [0.1, 0.15) is 11.6 Å². The monoisotopic (exact) mass is 513 g/mol. The maximum atomic E-state index is 6.00. The maximum Gasteiger partial charge on any atom is 0.250 e. The minimum Gasteiger partial charge on any atom is -0.209 e. The third kappa shape index (κ3) is 3.52. The summed E-state index contributed by atoms with van der Waals surface area (Å²) in [7, 11) is 0. The first-order chi connectivity index (χ1) is 14.1. The first-order valence-corrected chi connectivity index (χ1v) is 11.0. The smallest absolute Gasteiger partial charge is 0.209 e. The molecule has 0 amide bonds. The molecule has 4 aromatic carbocycles. The summed E-state index contributed by atoms with van der Waals surface area (Å²) < 4.78 is -3.81. The number of hydrogen-bond donors (Lipinski definition) is 0. The van der Waals surface area contributed by atoms with Gasteiger partial charge in [0.2, 0.25) is 7.59 Å². The van der Waals surface area contributed by atoms with Crippen molar-refractivity contribution in [2.24, 2.45) is 0 Å². The highest BCUT2D eigenvalue weighted by molar-refractivity contribution is 6.67. The van der Waals surface area contributed by atoms with Crippen molar-refractivity contribution < 1.29 is 0 Å². The van der Waals surface area contributed by atoms with Gasteiger partial charge in [0.25, 0.3) is 0 Å². The number of alkyl halides is 6. The molecule has 0 saturated heterocycles. The summed E-state index contributed by atoms with van der Waals surface area (Å²) in [6.45, 7) is 0. The van der Waals surface area contributed by atoms with Crippen molar-refractivity contribution >= 4 is 102 Å². The van der Waals surface area contributed by atoms with Gasteiger partial charge in [-0.05, 0) is 44.5 Å². The van der Waals surface area contributed by atoms with E-state index in [9.17, 15) is 0 Å². The van der Waals surface area contributed by atoms with E-state index in [1.807, 2.05) is 12.1 Å². The Hall–Kier alpha value is -1.33. The van der Waals surface area contributed by atoms with Gasteiger partial charge in [0, 0.05) is 5.56 Å². The lowest BCUT2D eigenvalue weighted by molar-refractivity contribution is 0.851.